The molecule has 1 aliphatic rings. The first-order valence-corrected chi connectivity index (χ1v) is 12.8. The standard InChI is InChI=1S/C12H18N3O14P3/c13-3-1-2-7-5-15(12(18)14-11(7)17)10-4-8(16)9(27-10)6-26-31(22,23)29-32(24,25)28-30(19,20)21/h5,8-10,16H,3-4,6,13H2,(H,22,23)(H,24,25)(H,14,17,18)(H2,19,20,21)/t8-,9-,10?/m1/s1. The van der Waals surface area contributed by atoms with Gasteiger partial charge in [0.2, 0.25) is 0 Å². The number of hydrogen-bond donors (Lipinski definition) is 7. The average Bonchev–Trinajstić information content (AvgIpc) is 2.97. The molecule has 2 heterocycles. The van der Waals surface area contributed by atoms with E-state index in [4.69, 9.17) is 25.2 Å². The number of aromatic nitrogens is 2. The largest absolute Gasteiger partial charge is 0.490 e. The second-order valence-corrected chi connectivity index (χ2v) is 10.5. The third-order valence-corrected chi connectivity index (χ3v) is 7.43. The van der Waals surface area contributed by atoms with Gasteiger partial charge in [-0.3, -0.25) is 18.9 Å². The van der Waals surface area contributed by atoms with Gasteiger partial charge in [0.05, 0.1) is 19.3 Å². The lowest BCUT2D eigenvalue weighted by atomic mass is 10.2. The van der Waals surface area contributed by atoms with Crippen molar-refractivity contribution in [1.29, 1.82) is 0 Å². The van der Waals surface area contributed by atoms with Gasteiger partial charge in [-0.15, -0.1) is 0 Å². The number of ether oxygens (including phenoxy) is 1. The van der Waals surface area contributed by atoms with Crippen LogP contribution in [0.25, 0.3) is 0 Å². The molecular formula is C12H18N3O14P3. The first-order valence-electron chi connectivity index (χ1n) is 8.29. The second-order valence-electron chi connectivity index (χ2n) is 6.03. The Bertz CT molecular complexity index is 1160. The third-order valence-electron chi connectivity index (χ3n) is 3.63. The maximum Gasteiger partial charge on any atom is 0.490 e. The van der Waals surface area contributed by atoms with E-state index in [1.54, 1.807) is 0 Å². The molecule has 1 aromatic rings. The maximum absolute atomic E-state index is 12.1. The highest BCUT2D eigenvalue weighted by atomic mass is 31.3. The fourth-order valence-corrected chi connectivity index (χ4v) is 5.47. The highest BCUT2D eigenvalue weighted by Gasteiger charge is 2.43. The Morgan fingerprint density at radius 3 is 2.44 bits per heavy atom. The van der Waals surface area contributed by atoms with Gasteiger partial charge in [-0.1, -0.05) is 11.8 Å². The SMILES string of the molecule is NCC#Cc1cn(C2C[C@@H](O)[C@@H](COP(=O)(O)OP(=O)(O)OP(=O)(O)O)O2)c(=O)[nH]c1=O. The van der Waals surface area contributed by atoms with Gasteiger partial charge in [0.15, 0.2) is 0 Å². The zero-order valence-electron chi connectivity index (χ0n) is 15.7. The lowest BCUT2D eigenvalue weighted by Gasteiger charge is -2.19. The summed E-state index contributed by atoms with van der Waals surface area (Å²) in [6.07, 6.45) is -3.07. The summed E-state index contributed by atoms with van der Waals surface area (Å²) in [5, 5.41) is 10.1. The van der Waals surface area contributed by atoms with Gasteiger partial charge in [0.1, 0.15) is 17.9 Å². The van der Waals surface area contributed by atoms with E-state index in [-0.39, 0.29) is 18.5 Å². The second kappa shape index (κ2) is 10.2. The zero-order chi connectivity index (χ0) is 24.3. The van der Waals surface area contributed by atoms with Gasteiger partial charge in [0, 0.05) is 12.6 Å². The van der Waals surface area contributed by atoms with Crippen molar-refractivity contribution >= 4 is 23.5 Å². The summed E-state index contributed by atoms with van der Waals surface area (Å²) in [6.45, 7) is -0.973. The molecule has 180 valence electrons. The smallest absolute Gasteiger partial charge is 0.390 e. The number of nitrogens with two attached hydrogens (primary N) is 1. The van der Waals surface area contributed by atoms with Gasteiger partial charge >= 0.3 is 29.2 Å². The minimum absolute atomic E-state index is 0.0557. The Balaban J connectivity index is 2.09. The van der Waals surface area contributed by atoms with Crippen LogP contribution < -0.4 is 17.0 Å². The molecule has 17 nitrogen and oxygen atoms in total. The molecule has 0 saturated carbocycles. The molecule has 1 aliphatic heterocycles. The molecule has 0 bridgehead atoms. The summed E-state index contributed by atoms with van der Waals surface area (Å²) in [7, 11) is -16.7. The normalized spacial score (nSPS) is 24.9. The lowest BCUT2D eigenvalue weighted by Crippen LogP contribution is -2.33. The van der Waals surface area contributed by atoms with Crippen LogP contribution in [0.1, 0.15) is 18.2 Å². The van der Waals surface area contributed by atoms with Crippen LogP contribution in [0.4, 0.5) is 0 Å². The highest BCUT2D eigenvalue weighted by molar-refractivity contribution is 7.66. The van der Waals surface area contributed by atoms with E-state index < -0.39 is 59.8 Å². The topological polar surface area (TPSA) is 270 Å². The highest BCUT2D eigenvalue weighted by Crippen LogP contribution is 2.66. The van der Waals surface area contributed by atoms with Crippen LogP contribution in [0, 0.1) is 11.8 Å². The quantitative estimate of drug-likeness (QED) is 0.142. The molecule has 0 spiro atoms. The van der Waals surface area contributed by atoms with Crippen molar-refractivity contribution < 1.29 is 56.3 Å². The Labute approximate surface area is 178 Å². The summed E-state index contributed by atoms with van der Waals surface area (Å²) in [5.41, 5.74) is 3.42. The minimum Gasteiger partial charge on any atom is -0.390 e. The molecule has 2 rings (SSSR count). The molecule has 5 atom stereocenters. The molecule has 0 aromatic carbocycles. The minimum atomic E-state index is -5.70. The molecule has 1 aromatic heterocycles. The van der Waals surface area contributed by atoms with E-state index >= 15 is 0 Å². The molecular weight excluding hydrogens is 503 g/mol. The van der Waals surface area contributed by atoms with E-state index in [2.05, 4.69) is 25.0 Å². The van der Waals surface area contributed by atoms with Crippen molar-refractivity contribution in [3.8, 4) is 11.8 Å². The van der Waals surface area contributed by atoms with E-state index in [0.717, 1.165) is 10.8 Å². The lowest BCUT2D eigenvalue weighted by molar-refractivity contribution is -0.0450. The number of nitrogens with zero attached hydrogens (tertiary/aromatic N) is 1. The number of rotatable bonds is 8. The number of aliphatic hydroxyl groups excluding tert-OH is 1. The van der Waals surface area contributed by atoms with Crippen molar-refractivity contribution in [2.24, 2.45) is 5.73 Å². The molecule has 0 aliphatic carbocycles. The summed E-state index contributed by atoms with van der Waals surface area (Å²) in [5.74, 6) is 4.87. The summed E-state index contributed by atoms with van der Waals surface area (Å²) < 4.78 is 51.4. The Kier molecular flexibility index (Phi) is 8.54. The summed E-state index contributed by atoms with van der Waals surface area (Å²) in [6, 6.07) is 0. The fourth-order valence-electron chi connectivity index (χ4n) is 2.44. The molecule has 20 heteroatoms. The van der Waals surface area contributed by atoms with Crippen LogP contribution in [0.3, 0.4) is 0 Å². The van der Waals surface area contributed by atoms with Crippen LogP contribution in [0.5, 0.6) is 0 Å². The van der Waals surface area contributed by atoms with Crippen LogP contribution >= 0.6 is 23.5 Å². The number of aliphatic hydroxyl groups is 1. The maximum atomic E-state index is 12.1. The predicted molar refractivity (Wildman–Crippen MR) is 102 cm³/mol. The number of phosphoric ester groups is 1. The number of hydrogen-bond acceptors (Lipinski definition) is 11. The first-order chi connectivity index (χ1) is 14.6. The van der Waals surface area contributed by atoms with E-state index in [1.807, 2.05) is 4.98 Å². The van der Waals surface area contributed by atoms with Gasteiger partial charge in [0.25, 0.3) is 5.56 Å². The van der Waals surface area contributed by atoms with Crippen LogP contribution in [-0.2, 0) is 31.6 Å². The molecule has 3 unspecified atom stereocenters. The molecule has 0 amide bonds. The average molecular weight is 521 g/mol. The van der Waals surface area contributed by atoms with Gasteiger partial charge in [-0.2, -0.15) is 8.62 Å². The summed E-state index contributed by atoms with van der Waals surface area (Å²) in [4.78, 5) is 61.3. The zero-order valence-corrected chi connectivity index (χ0v) is 18.4. The first kappa shape index (κ1) is 26.8. The van der Waals surface area contributed by atoms with Gasteiger partial charge in [-0.05, 0) is 0 Å². The van der Waals surface area contributed by atoms with E-state index in [9.17, 15) is 33.3 Å². The van der Waals surface area contributed by atoms with Crippen molar-refractivity contribution in [2.45, 2.75) is 24.9 Å². The summed E-state index contributed by atoms with van der Waals surface area (Å²) >= 11 is 0. The van der Waals surface area contributed by atoms with Gasteiger partial charge < -0.3 is 35.2 Å². The van der Waals surface area contributed by atoms with Crippen LogP contribution in [0.15, 0.2) is 15.8 Å². The Morgan fingerprint density at radius 1 is 1.19 bits per heavy atom. The van der Waals surface area contributed by atoms with E-state index in [0.29, 0.717) is 0 Å². The number of H-pyrrole nitrogens is 1. The predicted octanol–water partition coefficient (Wildman–Crippen LogP) is -2.16. The van der Waals surface area contributed by atoms with Crippen LogP contribution in [-0.4, -0.2) is 59.6 Å². The van der Waals surface area contributed by atoms with Crippen molar-refractivity contribution in [2.75, 3.05) is 13.2 Å². The monoisotopic (exact) mass is 521 g/mol. The van der Waals surface area contributed by atoms with Crippen molar-refractivity contribution in [3.05, 3.63) is 32.6 Å². The molecule has 32 heavy (non-hydrogen) atoms. The van der Waals surface area contributed by atoms with Crippen molar-refractivity contribution in [1.82, 2.24) is 9.55 Å². The Morgan fingerprint density at radius 2 is 1.84 bits per heavy atom. The number of nitrogens with one attached hydrogen (secondary N) is 1. The third kappa shape index (κ3) is 7.84. The fraction of sp³-hybridized carbons (Fsp3) is 0.500. The van der Waals surface area contributed by atoms with E-state index in [1.165, 1.54) is 0 Å². The molecule has 1 saturated heterocycles. The molecule has 0 radical (unpaired) electrons. The molecule has 1 fully saturated rings. The Hall–Kier alpha value is -1.47. The number of aromatic amines is 1. The van der Waals surface area contributed by atoms with Crippen molar-refractivity contribution in [3.63, 3.8) is 0 Å². The molecule has 8 N–H and O–H groups in total. The number of phosphoric acid groups is 3. The van der Waals surface area contributed by atoms with Gasteiger partial charge in [-0.25, -0.2) is 18.5 Å². The van der Waals surface area contributed by atoms with Crippen LogP contribution in [0.2, 0.25) is 0 Å².